The van der Waals surface area contributed by atoms with Crippen molar-refractivity contribution in [1.82, 2.24) is 15.1 Å². The van der Waals surface area contributed by atoms with Gasteiger partial charge in [0.25, 0.3) is 5.91 Å². The summed E-state index contributed by atoms with van der Waals surface area (Å²) in [5.74, 6) is -0.299. The van der Waals surface area contributed by atoms with Gasteiger partial charge in [-0.1, -0.05) is 12.1 Å². The fraction of sp³-hybridized carbons (Fsp3) is 0.389. The van der Waals surface area contributed by atoms with E-state index in [1.807, 2.05) is 0 Å². The van der Waals surface area contributed by atoms with Crippen LogP contribution in [0.3, 0.4) is 0 Å². The lowest BCUT2D eigenvalue weighted by Gasteiger charge is -2.33. The first-order valence-electron chi connectivity index (χ1n) is 8.27. The molecule has 1 atom stereocenters. The first-order chi connectivity index (χ1) is 12.3. The third kappa shape index (κ3) is 4.12. The topological polar surface area (TPSA) is 55.3 Å². The lowest BCUT2D eigenvalue weighted by Crippen LogP contribution is -2.45. The van der Waals surface area contributed by atoms with E-state index in [0.717, 1.165) is 11.8 Å². The molecule has 1 fully saturated rings. The summed E-state index contributed by atoms with van der Waals surface area (Å²) in [6, 6.07) is 8.28. The minimum atomic E-state index is -4.57. The van der Waals surface area contributed by atoms with Gasteiger partial charge in [0, 0.05) is 12.6 Å². The molecule has 138 valence electrons. The molecule has 0 N–H and O–H groups in total. The van der Waals surface area contributed by atoms with Crippen LogP contribution in [0.15, 0.2) is 36.4 Å². The van der Waals surface area contributed by atoms with E-state index in [1.165, 1.54) is 23.1 Å². The van der Waals surface area contributed by atoms with E-state index < -0.39 is 17.6 Å². The third-order valence-electron chi connectivity index (χ3n) is 4.19. The van der Waals surface area contributed by atoms with Gasteiger partial charge in [0.1, 0.15) is 6.10 Å². The molecule has 26 heavy (non-hydrogen) atoms. The molecular formula is C18H18F3N3O2. The van der Waals surface area contributed by atoms with Gasteiger partial charge in [-0.3, -0.25) is 4.79 Å². The minimum absolute atomic E-state index is 0.209. The lowest BCUT2D eigenvalue weighted by atomic mass is 10.0. The Hall–Kier alpha value is -2.64. The summed E-state index contributed by atoms with van der Waals surface area (Å²) in [4.78, 5) is 14.1. The third-order valence-corrected chi connectivity index (χ3v) is 4.19. The zero-order valence-corrected chi connectivity index (χ0v) is 14.2. The molecule has 8 heteroatoms. The van der Waals surface area contributed by atoms with Crippen molar-refractivity contribution < 1.29 is 22.7 Å². The van der Waals surface area contributed by atoms with Crippen molar-refractivity contribution in [3.8, 4) is 5.88 Å². The standard InChI is InChI=1S/C18H18F3N3O2/c1-12-8-9-16(23-22-12)26-13-5-4-10-24(11-13)17(25)14-6-2-3-7-15(14)18(19,20)21/h2-3,6-9,13H,4-5,10-11H2,1H3. The molecule has 1 amide bonds. The molecule has 5 nitrogen and oxygen atoms in total. The molecule has 0 aliphatic carbocycles. The van der Waals surface area contributed by atoms with Gasteiger partial charge in [0.15, 0.2) is 0 Å². The molecule has 0 bridgehead atoms. The minimum Gasteiger partial charge on any atom is -0.471 e. The van der Waals surface area contributed by atoms with Gasteiger partial charge in [0.2, 0.25) is 5.88 Å². The maximum absolute atomic E-state index is 13.2. The van der Waals surface area contributed by atoms with Crippen LogP contribution in [0.1, 0.15) is 34.5 Å². The number of carbonyl (C=O) groups excluding carboxylic acids is 1. The van der Waals surface area contributed by atoms with Gasteiger partial charge in [0.05, 0.1) is 23.4 Å². The predicted octanol–water partition coefficient (Wildman–Crippen LogP) is 3.49. The second-order valence-electron chi connectivity index (χ2n) is 6.19. The number of alkyl halides is 3. The van der Waals surface area contributed by atoms with Crippen LogP contribution in [0.2, 0.25) is 0 Å². The van der Waals surface area contributed by atoms with E-state index >= 15 is 0 Å². The van der Waals surface area contributed by atoms with Crippen LogP contribution in [-0.2, 0) is 6.18 Å². The summed E-state index contributed by atoms with van der Waals surface area (Å²) in [5, 5.41) is 7.83. The van der Waals surface area contributed by atoms with E-state index in [0.29, 0.717) is 25.3 Å². The average molecular weight is 365 g/mol. The molecule has 1 aliphatic rings. The first kappa shape index (κ1) is 18.2. The van der Waals surface area contributed by atoms with Crippen molar-refractivity contribution in [3.63, 3.8) is 0 Å². The molecule has 1 saturated heterocycles. The SMILES string of the molecule is Cc1ccc(OC2CCCN(C(=O)c3ccccc3C(F)(F)F)C2)nn1. The lowest BCUT2D eigenvalue weighted by molar-refractivity contribution is -0.138. The van der Waals surface area contributed by atoms with Gasteiger partial charge >= 0.3 is 6.18 Å². The average Bonchev–Trinajstić information content (AvgIpc) is 2.62. The van der Waals surface area contributed by atoms with Crippen LogP contribution < -0.4 is 4.74 Å². The molecule has 1 aromatic carbocycles. The zero-order chi connectivity index (χ0) is 18.7. The summed E-state index contributed by atoms with van der Waals surface area (Å²) in [6.45, 7) is 2.40. The number of amides is 1. The number of halogens is 3. The van der Waals surface area contributed by atoms with E-state index in [2.05, 4.69) is 10.2 Å². The molecule has 0 radical (unpaired) electrons. The van der Waals surface area contributed by atoms with Crippen LogP contribution in [0, 0.1) is 6.92 Å². The first-order valence-corrected chi connectivity index (χ1v) is 8.27. The van der Waals surface area contributed by atoms with Gasteiger partial charge in [-0.2, -0.15) is 18.3 Å². The number of likely N-dealkylation sites (tertiary alicyclic amines) is 1. The Bertz CT molecular complexity index is 778. The molecule has 3 rings (SSSR count). The molecule has 0 saturated carbocycles. The molecular weight excluding hydrogens is 347 g/mol. The Morgan fingerprint density at radius 1 is 1.19 bits per heavy atom. The van der Waals surface area contributed by atoms with Crippen LogP contribution in [-0.4, -0.2) is 40.2 Å². The second kappa shape index (κ2) is 7.31. The summed E-state index contributed by atoms with van der Waals surface area (Å²) in [6.07, 6.45) is -3.57. The van der Waals surface area contributed by atoms with Crippen molar-refractivity contribution in [2.75, 3.05) is 13.1 Å². The van der Waals surface area contributed by atoms with Crippen LogP contribution in [0.4, 0.5) is 13.2 Å². The number of aryl methyl sites for hydroxylation is 1. The van der Waals surface area contributed by atoms with E-state index in [1.54, 1.807) is 19.1 Å². The normalized spacial score (nSPS) is 17.8. The number of carbonyl (C=O) groups is 1. The Kier molecular flexibility index (Phi) is 5.11. The molecule has 1 aromatic heterocycles. The summed E-state index contributed by atoms with van der Waals surface area (Å²) in [5.41, 5.74) is -0.505. The number of aromatic nitrogens is 2. The molecule has 2 aromatic rings. The Balaban J connectivity index is 1.73. The number of rotatable bonds is 3. The summed E-state index contributed by atoms with van der Waals surface area (Å²) >= 11 is 0. The summed E-state index contributed by atoms with van der Waals surface area (Å²) in [7, 11) is 0. The quantitative estimate of drug-likeness (QED) is 0.836. The van der Waals surface area contributed by atoms with Crippen molar-refractivity contribution in [1.29, 1.82) is 0 Å². The van der Waals surface area contributed by atoms with Crippen LogP contribution >= 0.6 is 0 Å². The Morgan fingerprint density at radius 2 is 1.96 bits per heavy atom. The van der Waals surface area contributed by atoms with E-state index in [4.69, 9.17) is 4.74 Å². The van der Waals surface area contributed by atoms with Gasteiger partial charge in [-0.15, -0.1) is 5.10 Å². The van der Waals surface area contributed by atoms with Gasteiger partial charge in [-0.05, 0) is 38.0 Å². The molecule has 1 unspecified atom stereocenters. The number of hydrogen-bond acceptors (Lipinski definition) is 4. The highest BCUT2D eigenvalue weighted by Gasteiger charge is 2.36. The largest absolute Gasteiger partial charge is 0.471 e. The number of ether oxygens (including phenoxy) is 1. The molecule has 1 aliphatic heterocycles. The van der Waals surface area contributed by atoms with E-state index in [9.17, 15) is 18.0 Å². The zero-order valence-electron chi connectivity index (χ0n) is 14.2. The maximum Gasteiger partial charge on any atom is 0.417 e. The Morgan fingerprint density at radius 3 is 2.65 bits per heavy atom. The highest BCUT2D eigenvalue weighted by atomic mass is 19.4. The highest BCUT2D eigenvalue weighted by Crippen LogP contribution is 2.32. The summed E-state index contributed by atoms with van der Waals surface area (Å²) < 4.78 is 45.2. The smallest absolute Gasteiger partial charge is 0.417 e. The van der Waals surface area contributed by atoms with Crippen LogP contribution in [0.5, 0.6) is 5.88 Å². The molecule has 0 spiro atoms. The van der Waals surface area contributed by atoms with Crippen molar-refractivity contribution in [2.24, 2.45) is 0 Å². The predicted molar refractivity (Wildman–Crippen MR) is 87.8 cm³/mol. The number of piperidine rings is 1. The van der Waals surface area contributed by atoms with Crippen molar-refractivity contribution in [3.05, 3.63) is 53.2 Å². The number of nitrogens with zero attached hydrogens (tertiary/aromatic N) is 3. The van der Waals surface area contributed by atoms with Crippen LogP contribution in [0.25, 0.3) is 0 Å². The van der Waals surface area contributed by atoms with Crippen molar-refractivity contribution in [2.45, 2.75) is 32.0 Å². The molecule has 2 heterocycles. The van der Waals surface area contributed by atoms with Gasteiger partial charge in [-0.25, -0.2) is 0 Å². The highest BCUT2D eigenvalue weighted by molar-refractivity contribution is 5.96. The fourth-order valence-electron chi connectivity index (χ4n) is 2.93. The number of benzene rings is 1. The van der Waals surface area contributed by atoms with E-state index in [-0.39, 0.29) is 18.2 Å². The van der Waals surface area contributed by atoms with Gasteiger partial charge < -0.3 is 9.64 Å². The monoisotopic (exact) mass is 365 g/mol. The Labute approximate surface area is 148 Å². The second-order valence-corrected chi connectivity index (χ2v) is 6.19. The number of hydrogen-bond donors (Lipinski definition) is 0. The fourth-order valence-corrected chi connectivity index (χ4v) is 2.93. The maximum atomic E-state index is 13.2. The van der Waals surface area contributed by atoms with Crippen molar-refractivity contribution >= 4 is 5.91 Å².